The largest absolute Gasteiger partial charge is 0.492 e. The molecule has 0 unspecified atom stereocenters. The van der Waals surface area contributed by atoms with Crippen molar-refractivity contribution in [3.8, 4) is 5.75 Å². The van der Waals surface area contributed by atoms with Crippen molar-refractivity contribution in [1.29, 1.82) is 0 Å². The molecule has 2 aromatic rings. The lowest BCUT2D eigenvalue weighted by Crippen LogP contribution is -2.35. The van der Waals surface area contributed by atoms with Gasteiger partial charge in [0.1, 0.15) is 16.3 Å². The van der Waals surface area contributed by atoms with Crippen LogP contribution in [0.2, 0.25) is 0 Å². The van der Waals surface area contributed by atoms with E-state index in [4.69, 9.17) is 4.74 Å². The number of rotatable bonds is 9. The van der Waals surface area contributed by atoms with E-state index in [-0.39, 0.29) is 28.6 Å². The van der Waals surface area contributed by atoms with E-state index < -0.39 is 20.9 Å². The highest BCUT2D eigenvalue weighted by atomic mass is 32.2. The second-order valence-electron chi connectivity index (χ2n) is 7.24. The zero-order valence-corrected chi connectivity index (χ0v) is 18.6. The fourth-order valence-electron chi connectivity index (χ4n) is 3.47. The number of carbonyl (C=O) groups excluding carboxylic acids is 1. The number of hydrogen-bond donors (Lipinski definition) is 2. The number of anilines is 2. The number of ether oxygens (including phenoxy) is 1. The lowest BCUT2D eigenvalue weighted by Gasteiger charge is -2.27. The number of nitrogens with one attached hydrogen (secondary N) is 2. The lowest BCUT2D eigenvalue weighted by molar-refractivity contribution is -0.383. The molecule has 11 heteroatoms. The topological polar surface area (TPSA) is 131 Å². The van der Waals surface area contributed by atoms with Gasteiger partial charge in [-0.25, -0.2) is 8.42 Å². The number of nitro benzene ring substituents is 1. The summed E-state index contributed by atoms with van der Waals surface area (Å²) < 4.78 is 33.3. The molecular weight excluding hydrogens is 436 g/mol. The Morgan fingerprint density at radius 2 is 1.88 bits per heavy atom. The van der Waals surface area contributed by atoms with Gasteiger partial charge in [0.05, 0.1) is 18.1 Å². The van der Waals surface area contributed by atoms with E-state index in [1.165, 1.54) is 34.6 Å². The van der Waals surface area contributed by atoms with E-state index in [2.05, 4.69) is 10.6 Å². The second kappa shape index (κ2) is 10.4. The fourth-order valence-corrected chi connectivity index (χ4v) is 5.14. The van der Waals surface area contributed by atoms with Gasteiger partial charge >= 0.3 is 0 Å². The van der Waals surface area contributed by atoms with E-state index in [0.717, 1.165) is 19.3 Å². The molecule has 2 aromatic carbocycles. The Hall–Kier alpha value is -3.18. The number of sulfonamides is 1. The van der Waals surface area contributed by atoms with Gasteiger partial charge < -0.3 is 15.4 Å². The molecule has 1 aliphatic rings. The first-order chi connectivity index (χ1) is 15.3. The molecule has 2 N–H and O–H groups in total. The van der Waals surface area contributed by atoms with Gasteiger partial charge in [-0.15, -0.1) is 0 Å². The maximum atomic E-state index is 13.2. The summed E-state index contributed by atoms with van der Waals surface area (Å²) in [7, 11) is -3.78. The van der Waals surface area contributed by atoms with Gasteiger partial charge in [0.15, 0.2) is 0 Å². The molecule has 0 aromatic heterocycles. The number of carbonyl (C=O) groups is 1. The SMILES string of the molecule is CCOc1ccc(NC(=O)CNc2ccccc2[N+](=O)[O-])cc1S(=O)(=O)N1CCCCC1. The molecule has 1 amide bonds. The Bertz CT molecular complexity index is 1080. The molecule has 172 valence electrons. The Morgan fingerprint density at radius 3 is 2.56 bits per heavy atom. The van der Waals surface area contributed by atoms with Crippen molar-refractivity contribution in [2.45, 2.75) is 31.1 Å². The number of hydrogen-bond acceptors (Lipinski definition) is 7. The van der Waals surface area contributed by atoms with Crippen molar-refractivity contribution in [3.05, 3.63) is 52.6 Å². The summed E-state index contributed by atoms with van der Waals surface area (Å²) in [4.78, 5) is 23.0. The zero-order chi connectivity index (χ0) is 23.1. The molecule has 1 aliphatic heterocycles. The van der Waals surface area contributed by atoms with Gasteiger partial charge in [0.25, 0.3) is 5.69 Å². The monoisotopic (exact) mass is 462 g/mol. The molecule has 0 atom stereocenters. The van der Waals surface area contributed by atoms with Crippen LogP contribution in [0.25, 0.3) is 0 Å². The van der Waals surface area contributed by atoms with Gasteiger partial charge in [0, 0.05) is 24.8 Å². The van der Waals surface area contributed by atoms with Crippen molar-refractivity contribution in [3.63, 3.8) is 0 Å². The summed E-state index contributed by atoms with van der Waals surface area (Å²) in [5.74, 6) is -0.247. The van der Waals surface area contributed by atoms with E-state index in [9.17, 15) is 23.3 Å². The minimum absolute atomic E-state index is 0.00528. The number of piperidine rings is 1. The Labute approximate surface area is 186 Å². The quantitative estimate of drug-likeness (QED) is 0.432. The fraction of sp³-hybridized carbons (Fsp3) is 0.381. The maximum absolute atomic E-state index is 13.2. The zero-order valence-electron chi connectivity index (χ0n) is 17.7. The number of benzene rings is 2. The van der Waals surface area contributed by atoms with Crippen LogP contribution in [0.3, 0.4) is 0 Å². The van der Waals surface area contributed by atoms with Gasteiger partial charge in [-0.05, 0) is 44.0 Å². The Kier molecular flexibility index (Phi) is 7.65. The first-order valence-corrected chi connectivity index (χ1v) is 11.8. The normalized spacial score (nSPS) is 14.5. The summed E-state index contributed by atoms with van der Waals surface area (Å²) in [6.07, 6.45) is 2.60. The summed E-state index contributed by atoms with van der Waals surface area (Å²) in [5, 5.41) is 16.5. The molecular formula is C21H26N4O6S. The van der Waals surface area contributed by atoms with Crippen molar-refractivity contribution < 1.29 is 22.9 Å². The molecule has 10 nitrogen and oxygen atoms in total. The van der Waals surface area contributed by atoms with Crippen molar-refractivity contribution in [1.82, 2.24) is 4.31 Å². The number of nitrogens with zero attached hydrogens (tertiary/aromatic N) is 2. The molecule has 32 heavy (non-hydrogen) atoms. The molecule has 0 bridgehead atoms. The van der Waals surface area contributed by atoms with Crippen molar-refractivity contribution in [2.24, 2.45) is 0 Å². The molecule has 1 fully saturated rings. The predicted molar refractivity (Wildman–Crippen MR) is 120 cm³/mol. The molecule has 0 spiro atoms. The molecule has 0 saturated carbocycles. The Balaban J connectivity index is 1.76. The molecule has 1 saturated heterocycles. The summed E-state index contributed by atoms with van der Waals surface area (Å²) in [6, 6.07) is 10.5. The van der Waals surface area contributed by atoms with Crippen LogP contribution in [0.15, 0.2) is 47.4 Å². The summed E-state index contributed by atoms with van der Waals surface area (Å²) in [6.45, 7) is 2.73. The van der Waals surface area contributed by atoms with E-state index in [0.29, 0.717) is 25.4 Å². The van der Waals surface area contributed by atoms with Gasteiger partial charge in [-0.2, -0.15) is 4.31 Å². The third kappa shape index (κ3) is 5.54. The molecule has 3 rings (SSSR count). The highest BCUT2D eigenvalue weighted by Crippen LogP contribution is 2.31. The summed E-state index contributed by atoms with van der Waals surface area (Å²) >= 11 is 0. The third-order valence-electron chi connectivity index (χ3n) is 5.00. The third-order valence-corrected chi connectivity index (χ3v) is 6.92. The van der Waals surface area contributed by atoms with Crippen molar-refractivity contribution >= 4 is 33.0 Å². The Morgan fingerprint density at radius 1 is 1.16 bits per heavy atom. The predicted octanol–water partition coefficient (Wildman–Crippen LogP) is 3.22. The van der Waals surface area contributed by atoms with Crippen LogP contribution in [0, 0.1) is 10.1 Å². The van der Waals surface area contributed by atoms with Crippen LogP contribution in [-0.2, 0) is 14.8 Å². The van der Waals surface area contributed by atoms with Crippen LogP contribution in [0.1, 0.15) is 26.2 Å². The average molecular weight is 463 g/mol. The van der Waals surface area contributed by atoms with E-state index in [1.54, 1.807) is 19.1 Å². The maximum Gasteiger partial charge on any atom is 0.292 e. The molecule has 1 heterocycles. The first kappa shape index (κ1) is 23.5. The van der Waals surface area contributed by atoms with E-state index in [1.807, 2.05) is 0 Å². The highest BCUT2D eigenvalue weighted by molar-refractivity contribution is 7.89. The second-order valence-corrected chi connectivity index (χ2v) is 9.14. The number of nitro groups is 1. The van der Waals surface area contributed by atoms with Crippen LogP contribution in [0.5, 0.6) is 5.75 Å². The van der Waals surface area contributed by atoms with E-state index >= 15 is 0 Å². The van der Waals surface area contributed by atoms with Crippen LogP contribution < -0.4 is 15.4 Å². The minimum atomic E-state index is -3.78. The number of para-hydroxylation sites is 2. The lowest BCUT2D eigenvalue weighted by atomic mass is 10.2. The first-order valence-electron chi connectivity index (χ1n) is 10.4. The molecule has 0 radical (unpaired) electrons. The van der Waals surface area contributed by atoms with Gasteiger partial charge in [-0.1, -0.05) is 18.6 Å². The van der Waals surface area contributed by atoms with Crippen LogP contribution >= 0.6 is 0 Å². The van der Waals surface area contributed by atoms with Gasteiger partial charge in [0.2, 0.25) is 15.9 Å². The van der Waals surface area contributed by atoms with Gasteiger partial charge in [-0.3, -0.25) is 14.9 Å². The average Bonchev–Trinajstić information content (AvgIpc) is 2.79. The number of amides is 1. The minimum Gasteiger partial charge on any atom is -0.492 e. The van der Waals surface area contributed by atoms with Crippen LogP contribution in [0.4, 0.5) is 17.1 Å². The smallest absolute Gasteiger partial charge is 0.292 e. The molecule has 0 aliphatic carbocycles. The summed E-state index contributed by atoms with van der Waals surface area (Å²) in [5.41, 5.74) is 0.363. The van der Waals surface area contributed by atoms with Crippen molar-refractivity contribution in [2.75, 3.05) is 36.9 Å². The highest BCUT2D eigenvalue weighted by Gasteiger charge is 2.29. The standard InChI is InChI=1S/C21H26N4O6S/c1-2-31-19-11-10-16(14-20(19)32(29,30)24-12-6-3-7-13-24)23-21(26)15-22-17-8-4-5-9-18(17)25(27)28/h4-5,8-11,14,22H,2-3,6-7,12-13,15H2,1H3,(H,23,26). The van der Waals surface area contributed by atoms with Crippen LogP contribution in [-0.4, -0.2) is 49.8 Å².